The Bertz CT molecular complexity index is 1270. The third-order valence-electron chi connectivity index (χ3n) is 4.46. The zero-order chi connectivity index (χ0) is 23.3. The van der Waals surface area contributed by atoms with Gasteiger partial charge in [0.25, 0.3) is 0 Å². The minimum absolute atomic E-state index is 0.0664. The normalized spacial score (nSPS) is 11.1. The van der Waals surface area contributed by atoms with Crippen LogP contribution in [0.25, 0.3) is 11.6 Å². The van der Waals surface area contributed by atoms with Crippen LogP contribution in [0.1, 0.15) is 22.4 Å². The summed E-state index contributed by atoms with van der Waals surface area (Å²) < 4.78 is 8.01. The number of aromatic nitrogens is 2. The van der Waals surface area contributed by atoms with Crippen molar-refractivity contribution in [2.45, 2.75) is 13.2 Å². The van der Waals surface area contributed by atoms with Gasteiger partial charge in [-0.25, -0.2) is 4.68 Å². The van der Waals surface area contributed by atoms with Gasteiger partial charge >= 0.3 is 0 Å². The summed E-state index contributed by atoms with van der Waals surface area (Å²) >= 11 is 15.6. The van der Waals surface area contributed by atoms with E-state index in [1.54, 1.807) is 42.5 Å². The first kappa shape index (κ1) is 23.6. The maximum absolute atomic E-state index is 9.77. The number of benzene rings is 2. The third-order valence-corrected chi connectivity index (χ3v) is 5.54. The summed E-state index contributed by atoms with van der Waals surface area (Å²) in [6, 6.07) is 14.5. The predicted octanol–water partition coefficient (Wildman–Crippen LogP) is 5.04. The van der Waals surface area contributed by atoms with Crippen molar-refractivity contribution < 1.29 is 9.84 Å². The molecule has 0 aliphatic carbocycles. The fourth-order valence-electron chi connectivity index (χ4n) is 2.91. The fourth-order valence-corrected chi connectivity index (χ4v) is 3.75. The summed E-state index contributed by atoms with van der Waals surface area (Å²) in [5, 5.41) is 33.7. The van der Waals surface area contributed by atoms with E-state index in [0.29, 0.717) is 21.4 Å². The van der Waals surface area contributed by atoms with Crippen LogP contribution in [0, 0.1) is 22.7 Å². The first-order valence-corrected chi connectivity index (χ1v) is 10.8. The van der Waals surface area contributed by atoms with Gasteiger partial charge in [-0.2, -0.15) is 15.6 Å². The lowest BCUT2D eigenvalue weighted by Crippen LogP contribution is -2.07. The average Bonchev–Trinajstić information content (AvgIpc) is 3.07. The van der Waals surface area contributed by atoms with Gasteiger partial charge in [-0.3, -0.25) is 0 Å². The summed E-state index contributed by atoms with van der Waals surface area (Å²) in [6.07, 6.45) is 1.56. The highest BCUT2D eigenvalue weighted by Gasteiger charge is 2.19. The van der Waals surface area contributed by atoms with Crippen molar-refractivity contribution in [1.29, 1.82) is 10.5 Å². The van der Waals surface area contributed by atoms with E-state index in [1.165, 1.54) is 4.68 Å². The van der Waals surface area contributed by atoms with E-state index in [-0.39, 0.29) is 42.4 Å². The van der Waals surface area contributed by atoms with Crippen molar-refractivity contribution in [3.63, 3.8) is 0 Å². The molecule has 0 amide bonds. The molecule has 0 spiro atoms. The summed E-state index contributed by atoms with van der Waals surface area (Å²) in [5.74, 6) is 0.578. The largest absolute Gasteiger partial charge is 0.488 e. The fraction of sp³-hybridized carbons (Fsp3) is 0.136. The number of hydrogen-bond donors (Lipinski definition) is 2. The lowest BCUT2D eigenvalue weighted by molar-refractivity contribution is 0.270. The van der Waals surface area contributed by atoms with E-state index in [0.717, 1.165) is 10.0 Å². The van der Waals surface area contributed by atoms with Crippen LogP contribution >= 0.6 is 39.1 Å². The van der Waals surface area contributed by atoms with Crippen LogP contribution in [0.15, 0.2) is 40.9 Å². The molecule has 162 valence electrons. The molecule has 0 aliphatic rings. The Hall–Kier alpha value is -3.01. The second kappa shape index (κ2) is 10.5. The molecule has 10 heteroatoms. The summed E-state index contributed by atoms with van der Waals surface area (Å²) in [7, 11) is 0. The van der Waals surface area contributed by atoms with Gasteiger partial charge in [-0.1, -0.05) is 45.2 Å². The molecule has 3 aromatic rings. The first-order chi connectivity index (χ1) is 15.4. The summed E-state index contributed by atoms with van der Waals surface area (Å²) in [4.78, 5) is 0. The summed E-state index contributed by atoms with van der Waals surface area (Å²) in [5.41, 5.74) is 7.61. The standard InChI is InChI=1S/C22H16BrCl2N5O2/c23-16-2-4-20(32-12-13-1-3-17(24)9-19(13)25)14(8-16)7-15(10-26)21-18(11-27)22(28)30(29-21)5-6-31/h1-4,7-9,31H,5-6,12,28H2/b15-7+. The molecule has 2 aromatic carbocycles. The van der Waals surface area contributed by atoms with Gasteiger partial charge in [0.15, 0.2) is 0 Å². The Morgan fingerprint density at radius 1 is 1.25 bits per heavy atom. The topological polar surface area (TPSA) is 121 Å². The number of rotatable bonds is 7. The van der Waals surface area contributed by atoms with Gasteiger partial charge in [-0.05, 0) is 36.4 Å². The minimum atomic E-state index is -0.210. The Balaban J connectivity index is 2.00. The zero-order valence-electron chi connectivity index (χ0n) is 16.5. The Morgan fingerprint density at radius 2 is 2.03 bits per heavy atom. The first-order valence-electron chi connectivity index (χ1n) is 9.23. The van der Waals surface area contributed by atoms with Crippen LogP contribution in [-0.2, 0) is 13.2 Å². The maximum Gasteiger partial charge on any atom is 0.140 e. The van der Waals surface area contributed by atoms with Crippen molar-refractivity contribution >= 4 is 56.6 Å². The molecule has 3 N–H and O–H groups in total. The highest BCUT2D eigenvalue weighted by atomic mass is 79.9. The Morgan fingerprint density at radius 3 is 2.69 bits per heavy atom. The third kappa shape index (κ3) is 5.24. The number of hydrogen-bond acceptors (Lipinski definition) is 6. The molecule has 0 atom stereocenters. The molecule has 7 nitrogen and oxygen atoms in total. The monoisotopic (exact) mass is 531 g/mol. The number of aliphatic hydroxyl groups is 1. The minimum Gasteiger partial charge on any atom is -0.488 e. The van der Waals surface area contributed by atoms with Gasteiger partial charge in [0.05, 0.1) is 18.7 Å². The van der Waals surface area contributed by atoms with E-state index in [2.05, 4.69) is 27.1 Å². The molecule has 0 fully saturated rings. The number of ether oxygens (including phenoxy) is 1. The smallest absolute Gasteiger partial charge is 0.140 e. The van der Waals surface area contributed by atoms with Gasteiger partial charge in [0.1, 0.15) is 41.6 Å². The number of halogens is 3. The molecule has 0 aliphatic heterocycles. The number of allylic oxidation sites excluding steroid dienone is 1. The molecule has 0 saturated heterocycles. The van der Waals surface area contributed by atoms with Crippen molar-refractivity contribution in [3.8, 4) is 17.9 Å². The van der Waals surface area contributed by atoms with E-state index >= 15 is 0 Å². The van der Waals surface area contributed by atoms with Crippen LogP contribution in [0.2, 0.25) is 10.0 Å². The second-order valence-electron chi connectivity index (χ2n) is 6.54. The molecule has 32 heavy (non-hydrogen) atoms. The van der Waals surface area contributed by atoms with Crippen LogP contribution < -0.4 is 10.5 Å². The van der Waals surface area contributed by atoms with Gasteiger partial charge in [0, 0.05) is 25.6 Å². The Kier molecular flexibility index (Phi) is 7.79. The molecule has 0 unspecified atom stereocenters. The number of nitrogens with two attached hydrogens (primary N) is 1. The van der Waals surface area contributed by atoms with Crippen LogP contribution in [0.5, 0.6) is 5.75 Å². The number of nitrogens with zero attached hydrogens (tertiary/aromatic N) is 4. The van der Waals surface area contributed by atoms with Crippen molar-refractivity contribution in [2.24, 2.45) is 0 Å². The Labute approximate surface area is 203 Å². The molecule has 1 aromatic heterocycles. The van der Waals surface area contributed by atoms with Crippen LogP contribution in [-0.4, -0.2) is 21.5 Å². The zero-order valence-corrected chi connectivity index (χ0v) is 19.6. The highest BCUT2D eigenvalue weighted by Crippen LogP contribution is 2.31. The van der Waals surface area contributed by atoms with E-state index in [1.807, 2.05) is 6.07 Å². The number of aliphatic hydroxyl groups excluding tert-OH is 1. The molecule has 0 bridgehead atoms. The second-order valence-corrected chi connectivity index (χ2v) is 8.30. The maximum atomic E-state index is 9.77. The number of nitrogen functional groups attached to an aromatic ring is 1. The lowest BCUT2D eigenvalue weighted by Gasteiger charge is -2.11. The van der Waals surface area contributed by atoms with E-state index in [4.69, 9.17) is 33.7 Å². The van der Waals surface area contributed by atoms with Crippen molar-refractivity contribution in [2.75, 3.05) is 12.3 Å². The molecule has 3 rings (SSSR count). The van der Waals surface area contributed by atoms with Crippen LogP contribution in [0.4, 0.5) is 5.82 Å². The quantitative estimate of drug-likeness (QED) is 0.411. The van der Waals surface area contributed by atoms with Gasteiger partial charge in [0.2, 0.25) is 0 Å². The van der Waals surface area contributed by atoms with E-state index in [9.17, 15) is 15.6 Å². The van der Waals surface area contributed by atoms with Gasteiger partial charge in [-0.15, -0.1) is 0 Å². The van der Waals surface area contributed by atoms with E-state index < -0.39 is 0 Å². The molecule has 1 heterocycles. The van der Waals surface area contributed by atoms with Crippen molar-refractivity contribution in [3.05, 3.63) is 73.3 Å². The molecule has 0 saturated carbocycles. The number of nitriles is 2. The summed E-state index contributed by atoms with van der Waals surface area (Å²) in [6.45, 7) is 0.0763. The SMILES string of the molecule is N#C/C(=C\c1cc(Br)ccc1OCc1ccc(Cl)cc1Cl)c1nn(CCO)c(N)c1C#N. The average molecular weight is 533 g/mol. The van der Waals surface area contributed by atoms with Gasteiger partial charge < -0.3 is 15.6 Å². The molecular weight excluding hydrogens is 517 g/mol. The highest BCUT2D eigenvalue weighted by molar-refractivity contribution is 9.10. The van der Waals surface area contributed by atoms with Crippen molar-refractivity contribution in [1.82, 2.24) is 9.78 Å². The molecular formula is C22H16BrCl2N5O2. The molecule has 0 radical (unpaired) electrons. The number of anilines is 1. The lowest BCUT2D eigenvalue weighted by atomic mass is 10.1. The predicted molar refractivity (Wildman–Crippen MR) is 127 cm³/mol. The van der Waals surface area contributed by atoms with Crippen LogP contribution in [0.3, 0.4) is 0 Å².